The molecule has 21 heavy (non-hydrogen) atoms. The van der Waals surface area contributed by atoms with E-state index in [9.17, 15) is 9.59 Å². The summed E-state index contributed by atoms with van der Waals surface area (Å²) in [5, 5.41) is 20.4. The van der Waals surface area contributed by atoms with Crippen LogP contribution in [0.25, 0.3) is 0 Å². The van der Waals surface area contributed by atoms with Crippen LogP contribution < -0.4 is 0 Å². The molecule has 0 fully saturated rings. The van der Waals surface area contributed by atoms with Gasteiger partial charge in [-0.3, -0.25) is 4.79 Å². The minimum absolute atomic E-state index is 0.0518. The number of ether oxygens (including phenoxy) is 1. The maximum atomic E-state index is 11.2. The molecule has 1 aromatic carbocycles. The Balaban J connectivity index is 1.98. The maximum absolute atomic E-state index is 11.2. The molecule has 1 N–H and O–H groups in total. The molecule has 0 atom stereocenters. The zero-order chi connectivity index (χ0) is 15.2. The van der Waals surface area contributed by atoms with Crippen LogP contribution in [0.5, 0.6) is 0 Å². The van der Waals surface area contributed by atoms with Crippen LogP contribution >= 0.6 is 11.8 Å². The average Bonchev–Trinajstić information content (AvgIpc) is 2.92. The van der Waals surface area contributed by atoms with Gasteiger partial charge in [0.05, 0.1) is 12.7 Å². The SMILES string of the molecule is COC(=O)Cn1nnnc1SCc1ccc(C(=O)O)cc1. The van der Waals surface area contributed by atoms with E-state index in [0.717, 1.165) is 5.56 Å². The first kappa shape index (κ1) is 15.0. The van der Waals surface area contributed by atoms with E-state index in [0.29, 0.717) is 10.9 Å². The van der Waals surface area contributed by atoms with Gasteiger partial charge < -0.3 is 9.84 Å². The average molecular weight is 308 g/mol. The molecule has 2 rings (SSSR count). The van der Waals surface area contributed by atoms with Gasteiger partial charge in [-0.05, 0) is 28.1 Å². The lowest BCUT2D eigenvalue weighted by atomic mass is 10.1. The minimum atomic E-state index is -0.962. The quantitative estimate of drug-likeness (QED) is 0.618. The second-order valence-corrected chi connectivity index (χ2v) is 4.93. The second kappa shape index (κ2) is 6.84. The van der Waals surface area contributed by atoms with Crippen LogP contribution in [0.1, 0.15) is 15.9 Å². The highest BCUT2D eigenvalue weighted by Crippen LogP contribution is 2.20. The van der Waals surface area contributed by atoms with E-state index in [2.05, 4.69) is 20.3 Å². The van der Waals surface area contributed by atoms with E-state index in [1.165, 1.54) is 35.7 Å². The number of aromatic nitrogens is 4. The molecule has 0 spiro atoms. The minimum Gasteiger partial charge on any atom is -0.478 e. The molecular weight excluding hydrogens is 296 g/mol. The lowest BCUT2D eigenvalue weighted by molar-refractivity contribution is -0.141. The van der Waals surface area contributed by atoms with Crippen molar-refractivity contribution in [2.24, 2.45) is 0 Å². The van der Waals surface area contributed by atoms with Gasteiger partial charge in [-0.2, -0.15) is 0 Å². The molecule has 0 amide bonds. The number of nitrogens with zero attached hydrogens (tertiary/aromatic N) is 4. The summed E-state index contributed by atoms with van der Waals surface area (Å²) in [5.41, 5.74) is 1.16. The summed E-state index contributed by atoms with van der Waals surface area (Å²) in [4.78, 5) is 22.0. The van der Waals surface area contributed by atoms with Gasteiger partial charge in [-0.1, -0.05) is 23.9 Å². The molecule has 9 heteroatoms. The number of tetrazole rings is 1. The summed E-state index contributed by atoms with van der Waals surface area (Å²) < 4.78 is 5.91. The fourth-order valence-electron chi connectivity index (χ4n) is 1.48. The Morgan fingerprint density at radius 2 is 2.05 bits per heavy atom. The molecule has 1 heterocycles. The zero-order valence-corrected chi connectivity index (χ0v) is 11.9. The largest absolute Gasteiger partial charge is 0.478 e. The summed E-state index contributed by atoms with van der Waals surface area (Å²) in [6, 6.07) is 6.53. The number of carboxylic acid groups (broad SMARTS) is 1. The third-order valence-electron chi connectivity index (χ3n) is 2.57. The predicted molar refractivity (Wildman–Crippen MR) is 72.8 cm³/mol. The Morgan fingerprint density at radius 3 is 2.67 bits per heavy atom. The first-order valence-electron chi connectivity index (χ1n) is 5.88. The van der Waals surface area contributed by atoms with Gasteiger partial charge in [0.15, 0.2) is 0 Å². The van der Waals surface area contributed by atoms with E-state index >= 15 is 0 Å². The van der Waals surface area contributed by atoms with Crippen molar-refractivity contribution in [1.82, 2.24) is 20.2 Å². The summed E-state index contributed by atoms with van der Waals surface area (Å²) in [6.07, 6.45) is 0. The number of hydrogen-bond donors (Lipinski definition) is 1. The van der Waals surface area contributed by atoms with E-state index in [4.69, 9.17) is 5.11 Å². The number of benzene rings is 1. The summed E-state index contributed by atoms with van der Waals surface area (Å²) >= 11 is 1.35. The number of carbonyl (C=O) groups is 2. The number of methoxy groups -OCH3 is 1. The van der Waals surface area contributed by atoms with Crippen LogP contribution in [-0.4, -0.2) is 44.4 Å². The van der Waals surface area contributed by atoms with Crippen molar-refractivity contribution in [1.29, 1.82) is 0 Å². The molecule has 0 saturated heterocycles. The van der Waals surface area contributed by atoms with Crippen LogP contribution in [0.2, 0.25) is 0 Å². The lowest BCUT2D eigenvalue weighted by Gasteiger charge is -2.03. The monoisotopic (exact) mass is 308 g/mol. The fourth-order valence-corrected chi connectivity index (χ4v) is 2.31. The summed E-state index contributed by atoms with van der Waals surface area (Å²) in [5.74, 6) is -0.840. The van der Waals surface area contributed by atoms with Crippen molar-refractivity contribution in [3.8, 4) is 0 Å². The van der Waals surface area contributed by atoms with Gasteiger partial charge in [0.1, 0.15) is 6.54 Å². The fraction of sp³-hybridized carbons (Fsp3) is 0.250. The molecule has 8 nitrogen and oxygen atoms in total. The second-order valence-electron chi connectivity index (χ2n) is 3.99. The highest BCUT2D eigenvalue weighted by molar-refractivity contribution is 7.98. The van der Waals surface area contributed by atoms with Crippen LogP contribution in [0, 0.1) is 0 Å². The van der Waals surface area contributed by atoms with E-state index in [1.807, 2.05) is 0 Å². The highest BCUT2D eigenvalue weighted by Gasteiger charge is 2.11. The summed E-state index contributed by atoms with van der Waals surface area (Å²) in [6.45, 7) is -0.0518. The standard InChI is InChI=1S/C12H12N4O4S/c1-20-10(17)6-16-12(13-14-15-16)21-7-8-2-4-9(5-3-8)11(18)19/h2-5H,6-7H2,1H3,(H,18,19). The number of thioether (sulfide) groups is 1. The first-order chi connectivity index (χ1) is 10.1. The molecule has 0 radical (unpaired) electrons. The topological polar surface area (TPSA) is 107 Å². The molecule has 0 saturated carbocycles. The van der Waals surface area contributed by atoms with Gasteiger partial charge in [0.25, 0.3) is 0 Å². The van der Waals surface area contributed by atoms with Crippen molar-refractivity contribution >= 4 is 23.7 Å². The van der Waals surface area contributed by atoms with Gasteiger partial charge in [-0.25, -0.2) is 9.48 Å². The van der Waals surface area contributed by atoms with Gasteiger partial charge >= 0.3 is 11.9 Å². The normalized spacial score (nSPS) is 10.3. The highest BCUT2D eigenvalue weighted by atomic mass is 32.2. The number of hydrogen-bond acceptors (Lipinski definition) is 7. The molecule has 110 valence electrons. The van der Waals surface area contributed by atoms with Crippen molar-refractivity contribution in [2.45, 2.75) is 17.5 Å². The van der Waals surface area contributed by atoms with Crippen molar-refractivity contribution < 1.29 is 19.4 Å². The van der Waals surface area contributed by atoms with Crippen LogP contribution in [-0.2, 0) is 21.8 Å². The van der Waals surface area contributed by atoms with Gasteiger partial charge in [0.2, 0.25) is 5.16 Å². The Kier molecular flexibility index (Phi) is 4.88. The number of esters is 1. The van der Waals surface area contributed by atoms with Crippen molar-refractivity contribution in [3.63, 3.8) is 0 Å². The van der Waals surface area contributed by atoms with E-state index in [1.54, 1.807) is 12.1 Å². The number of rotatable bonds is 6. The first-order valence-corrected chi connectivity index (χ1v) is 6.86. The Hall–Kier alpha value is -2.42. The number of aromatic carboxylic acids is 1. The van der Waals surface area contributed by atoms with Crippen molar-refractivity contribution in [2.75, 3.05) is 7.11 Å². The van der Waals surface area contributed by atoms with Crippen LogP contribution in [0.4, 0.5) is 0 Å². The maximum Gasteiger partial charge on any atom is 0.335 e. The lowest BCUT2D eigenvalue weighted by Crippen LogP contribution is -2.13. The Bertz CT molecular complexity index is 641. The molecule has 0 aliphatic carbocycles. The molecule has 0 aliphatic rings. The van der Waals surface area contributed by atoms with E-state index < -0.39 is 11.9 Å². The van der Waals surface area contributed by atoms with E-state index in [-0.39, 0.29) is 12.1 Å². The summed E-state index contributed by atoms with van der Waals surface area (Å²) in [7, 11) is 1.30. The molecule has 1 aromatic heterocycles. The third-order valence-corrected chi connectivity index (χ3v) is 3.60. The van der Waals surface area contributed by atoms with Crippen molar-refractivity contribution in [3.05, 3.63) is 35.4 Å². The zero-order valence-electron chi connectivity index (χ0n) is 11.1. The third kappa shape index (κ3) is 4.02. The Labute approximate surface area is 124 Å². The number of carbonyl (C=O) groups excluding carboxylic acids is 1. The molecule has 0 bridgehead atoms. The van der Waals surface area contributed by atoms with Gasteiger partial charge in [0, 0.05) is 5.75 Å². The molecule has 0 aliphatic heterocycles. The molecule has 0 unspecified atom stereocenters. The molecule has 2 aromatic rings. The number of carboxylic acids is 1. The van der Waals surface area contributed by atoms with Crippen LogP contribution in [0.3, 0.4) is 0 Å². The predicted octanol–water partition coefficient (Wildman–Crippen LogP) is 0.837. The Morgan fingerprint density at radius 1 is 1.33 bits per heavy atom. The van der Waals surface area contributed by atoms with Crippen LogP contribution in [0.15, 0.2) is 29.4 Å². The van der Waals surface area contributed by atoms with Gasteiger partial charge in [-0.15, -0.1) is 5.10 Å². The molecular formula is C12H12N4O4S. The smallest absolute Gasteiger partial charge is 0.335 e.